The molecule has 6 heteroatoms. The summed E-state index contributed by atoms with van der Waals surface area (Å²) in [7, 11) is 0. The van der Waals surface area contributed by atoms with Crippen molar-refractivity contribution in [1.82, 2.24) is 0 Å². The fourth-order valence-corrected chi connectivity index (χ4v) is 1.14. The second kappa shape index (κ2) is 3.65. The van der Waals surface area contributed by atoms with Gasteiger partial charge in [0.2, 0.25) is 0 Å². The molecule has 1 heterocycles. The third kappa shape index (κ3) is 1.58. The second-order valence-corrected chi connectivity index (χ2v) is 2.81. The van der Waals surface area contributed by atoms with Gasteiger partial charge in [-0.2, -0.15) is 0 Å². The molecule has 0 saturated carbocycles. The maximum absolute atomic E-state index is 9.25. The predicted octanol–water partition coefficient (Wildman–Crippen LogP) is -3.26. The molecule has 1 fully saturated rings. The lowest BCUT2D eigenvalue weighted by atomic mass is 10.1. The fourth-order valence-electron chi connectivity index (χ4n) is 1.14. The molecule has 1 rings (SSSR count). The minimum Gasteiger partial charge on any atom is -0.394 e. The number of aliphatic hydroxyl groups is 4. The lowest BCUT2D eigenvalue weighted by Crippen LogP contribution is -2.44. The zero-order chi connectivity index (χ0) is 9.30. The normalized spacial score (nSPS) is 44.8. The van der Waals surface area contributed by atoms with Gasteiger partial charge in [0.05, 0.1) is 12.6 Å². The average Bonchev–Trinajstić information content (AvgIpc) is 2.32. The number of rotatable bonds is 2. The quantitative estimate of drug-likeness (QED) is 0.304. The Hall–Kier alpha value is -0.240. The number of ether oxygens (including phenoxy) is 1. The van der Waals surface area contributed by atoms with E-state index in [0.717, 1.165) is 0 Å². The summed E-state index contributed by atoms with van der Waals surface area (Å²) >= 11 is 0. The molecule has 1 aliphatic rings. The lowest BCUT2D eigenvalue weighted by molar-refractivity contribution is -0.138. The highest BCUT2D eigenvalue weighted by Gasteiger charge is 2.43. The van der Waals surface area contributed by atoms with Crippen LogP contribution in [0, 0.1) is 0 Å². The first-order valence-corrected chi connectivity index (χ1v) is 3.64. The van der Waals surface area contributed by atoms with Crippen LogP contribution >= 0.6 is 0 Å². The minimum absolute atomic E-state index is 0.541. The maximum Gasteiger partial charge on any atom is 0.173 e. The molecule has 0 unspecified atom stereocenters. The van der Waals surface area contributed by atoms with Crippen LogP contribution in [0.2, 0.25) is 0 Å². The Morgan fingerprint density at radius 3 is 2.33 bits per heavy atom. The molecule has 6 N–H and O–H groups in total. The van der Waals surface area contributed by atoms with Crippen LogP contribution in [0.4, 0.5) is 0 Å². The molecule has 0 aliphatic carbocycles. The molecule has 6 nitrogen and oxygen atoms in total. The molecule has 0 amide bonds. The van der Waals surface area contributed by atoms with E-state index in [1.807, 2.05) is 0 Å². The molecular weight excluding hydrogens is 166 g/mol. The van der Waals surface area contributed by atoms with Gasteiger partial charge in [-0.15, -0.1) is 0 Å². The molecule has 0 aromatic rings. The van der Waals surface area contributed by atoms with Crippen molar-refractivity contribution in [2.75, 3.05) is 6.61 Å². The van der Waals surface area contributed by atoms with Crippen molar-refractivity contribution in [3.8, 4) is 0 Å². The molecule has 12 heavy (non-hydrogen) atoms. The van der Waals surface area contributed by atoms with Gasteiger partial charge in [0.15, 0.2) is 6.29 Å². The number of hydrogen-bond acceptors (Lipinski definition) is 6. The summed E-state index contributed by atoms with van der Waals surface area (Å²) in [5.41, 5.74) is 5.29. The van der Waals surface area contributed by atoms with Crippen LogP contribution in [0.25, 0.3) is 0 Å². The van der Waals surface area contributed by atoms with Crippen LogP contribution in [-0.4, -0.2) is 57.7 Å². The van der Waals surface area contributed by atoms with E-state index in [-0.39, 0.29) is 0 Å². The van der Waals surface area contributed by atoms with Gasteiger partial charge in [0.1, 0.15) is 18.3 Å². The van der Waals surface area contributed by atoms with Crippen LogP contribution in [0.1, 0.15) is 0 Å². The second-order valence-electron chi connectivity index (χ2n) is 2.81. The molecule has 72 valence electrons. The third-order valence-corrected chi connectivity index (χ3v) is 1.92. The standard InChI is InChI=1S/C6H13NO5/c7-3-4(10)5(2(9)1-8)12-6(3)11/h2-6,8-11H,1,7H2/t2-,3-,4+,5-,6-/m1/s1. The summed E-state index contributed by atoms with van der Waals surface area (Å²) in [6.45, 7) is -0.541. The van der Waals surface area contributed by atoms with E-state index >= 15 is 0 Å². The number of nitrogens with two attached hydrogens (primary N) is 1. The van der Waals surface area contributed by atoms with Gasteiger partial charge in [-0.05, 0) is 0 Å². The number of aliphatic hydroxyl groups excluding tert-OH is 4. The molecule has 0 aromatic heterocycles. The molecule has 0 radical (unpaired) electrons. The smallest absolute Gasteiger partial charge is 0.173 e. The van der Waals surface area contributed by atoms with Gasteiger partial charge >= 0.3 is 0 Å². The Balaban J connectivity index is 2.58. The first-order valence-electron chi connectivity index (χ1n) is 3.64. The Labute approximate surface area is 69.2 Å². The topological polar surface area (TPSA) is 116 Å². The van der Waals surface area contributed by atoms with Gasteiger partial charge < -0.3 is 30.9 Å². The summed E-state index contributed by atoms with van der Waals surface area (Å²) in [5.74, 6) is 0. The van der Waals surface area contributed by atoms with Gasteiger partial charge in [-0.25, -0.2) is 0 Å². The average molecular weight is 179 g/mol. The van der Waals surface area contributed by atoms with E-state index in [9.17, 15) is 5.11 Å². The van der Waals surface area contributed by atoms with Crippen molar-refractivity contribution in [2.24, 2.45) is 5.73 Å². The first kappa shape index (κ1) is 9.85. The van der Waals surface area contributed by atoms with E-state index in [0.29, 0.717) is 0 Å². The fraction of sp³-hybridized carbons (Fsp3) is 1.00. The summed E-state index contributed by atoms with van der Waals surface area (Å²) in [5, 5.41) is 35.8. The number of hydrogen-bond donors (Lipinski definition) is 5. The van der Waals surface area contributed by atoms with Crippen LogP contribution in [0.15, 0.2) is 0 Å². The zero-order valence-corrected chi connectivity index (χ0v) is 6.37. The van der Waals surface area contributed by atoms with E-state index in [2.05, 4.69) is 0 Å². The molecule has 0 bridgehead atoms. The molecule has 5 atom stereocenters. The van der Waals surface area contributed by atoms with E-state index in [1.165, 1.54) is 0 Å². The van der Waals surface area contributed by atoms with Crippen LogP contribution < -0.4 is 5.73 Å². The van der Waals surface area contributed by atoms with E-state index in [1.54, 1.807) is 0 Å². The molecule has 1 aliphatic heterocycles. The Morgan fingerprint density at radius 2 is 2.00 bits per heavy atom. The maximum atomic E-state index is 9.25. The highest BCUT2D eigenvalue weighted by molar-refractivity contribution is 4.92. The summed E-state index contributed by atoms with van der Waals surface area (Å²) < 4.78 is 4.71. The predicted molar refractivity (Wildman–Crippen MR) is 38.0 cm³/mol. The monoisotopic (exact) mass is 179 g/mol. The molecular formula is C6H13NO5. The Morgan fingerprint density at radius 1 is 1.42 bits per heavy atom. The van der Waals surface area contributed by atoms with Crippen molar-refractivity contribution < 1.29 is 25.2 Å². The SMILES string of the molecule is N[C@@H]1[C@H](O)[C@@H]([C@H](O)CO)O[C@H]1O. The van der Waals surface area contributed by atoms with Crippen LogP contribution in [0.5, 0.6) is 0 Å². The van der Waals surface area contributed by atoms with Gasteiger partial charge in [-0.1, -0.05) is 0 Å². The Bertz CT molecular complexity index is 155. The van der Waals surface area contributed by atoms with E-state index in [4.69, 9.17) is 25.8 Å². The highest BCUT2D eigenvalue weighted by atomic mass is 16.6. The lowest BCUT2D eigenvalue weighted by Gasteiger charge is -2.18. The summed E-state index contributed by atoms with van der Waals surface area (Å²) in [6, 6.07) is -0.934. The Kier molecular flexibility index (Phi) is 2.99. The summed E-state index contributed by atoms with van der Waals surface area (Å²) in [4.78, 5) is 0. The highest BCUT2D eigenvalue weighted by Crippen LogP contribution is 2.20. The van der Waals surface area contributed by atoms with Crippen molar-refractivity contribution in [3.05, 3.63) is 0 Å². The molecule has 0 aromatic carbocycles. The van der Waals surface area contributed by atoms with Crippen molar-refractivity contribution in [1.29, 1.82) is 0 Å². The van der Waals surface area contributed by atoms with Gasteiger partial charge in [-0.3, -0.25) is 0 Å². The van der Waals surface area contributed by atoms with Gasteiger partial charge in [0.25, 0.3) is 0 Å². The molecule has 1 saturated heterocycles. The van der Waals surface area contributed by atoms with E-state index < -0.39 is 37.3 Å². The zero-order valence-electron chi connectivity index (χ0n) is 6.37. The van der Waals surface area contributed by atoms with Crippen LogP contribution in [-0.2, 0) is 4.74 Å². The van der Waals surface area contributed by atoms with Crippen LogP contribution in [0.3, 0.4) is 0 Å². The third-order valence-electron chi connectivity index (χ3n) is 1.92. The van der Waals surface area contributed by atoms with Crippen molar-refractivity contribution >= 4 is 0 Å². The first-order chi connectivity index (χ1) is 5.57. The van der Waals surface area contributed by atoms with Crippen molar-refractivity contribution in [3.63, 3.8) is 0 Å². The largest absolute Gasteiger partial charge is 0.394 e. The summed E-state index contributed by atoms with van der Waals surface area (Å²) in [6.07, 6.45) is -4.67. The van der Waals surface area contributed by atoms with Crippen molar-refractivity contribution in [2.45, 2.75) is 30.6 Å². The minimum atomic E-state index is -1.29. The van der Waals surface area contributed by atoms with Gasteiger partial charge in [0, 0.05) is 0 Å². The molecule has 0 spiro atoms.